The Morgan fingerprint density at radius 3 is 2.59 bits per heavy atom. The second-order valence-corrected chi connectivity index (χ2v) is 6.33. The number of hydrogen-bond acceptors (Lipinski definition) is 3. The monoisotopic (exact) mass is 323 g/mol. The SMILES string of the molecule is CCCCNC(=S)N1CCN(Cc2cn(CC)nc2C)CC1. The Balaban J connectivity index is 1.77. The lowest BCUT2D eigenvalue weighted by molar-refractivity contribution is 0.174. The van der Waals surface area contributed by atoms with Gasteiger partial charge in [0.25, 0.3) is 0 Å². The Hall–Kier alpha value is -1.14. The Kier molecular flexibility index (Phi) is 6.64. The quantitative estimate of drug-likeness (QED) is 0.640. The highest BCUT2D eigenvalue weighted by Crippen LogP contribution is 2.12. The minimum absolute atomic E-state index is 0.920. The fraction of sp³-hybridized carbons (Fsp3) is 0.750. The van der Waals surface area contributed by atoms with Crippen LogP contribution in [0.1, 0.15) is 37.9 Å². The van der Waals surface area contributed by atoms with Crippen molar-refractivity contribution in [2.24, 2.45) is 0 Å². The average Bonchev–Trinajstić information content (AvgIpc) is 2.88. The number of piperazine rings is 1. The van der Waals surface area contributed by atoms with Gasteiger partial charge in [0, 0.05) is 57.6 Å². The zero-order valence-corrected chi connectivity index (χ0v) is 15.0. The van der Waals surface area contributed by atoms with E-state index in [-0.39, 0.29) is 0 Å². The summed E-state index contributed by atoms with van der Waals surface area (Å²) in [4.78, 5) is 4.79. The first-order valence-electron chi connectivity index (χ1n) is 8.42. The Bertz CT molecular complexity index is 477. The largest absolute Gasteiger partial charge is 0.363 e. The van der Waals surface area contributed by atoms with Crippen molar-refractivity contribution in [1.82, 2.24) is 24.9 Å². The van der Waals surface area contributed by atoms with E-state index in [4.69, 9.17) is 12.2 Å². The van der Waals surface area contributed by atoms with E-state index in [0.717, 1.165) is 56.6 Å². The molecule has 1 N–H and O–H groups in total. The number of nitrogens with one attached hydrogen (secondary N) is 1. The van der Waals surface area contributed by atoms with E-state index in [1.54, 1.807) is 0 Å². The third-order valence-electron chi connectivity index (χ3n) is 4.23. The molecule has 0 spiro atoms. The van der Waals surface area contributed by atoms with Crippen LogP contribution < -0.4 is 5.32 Å². The maximum atomic E-state index is 5.48. The first kappa shape index (κ1) is 17.2. The second kappa shape index (κ2) is 8.48. The van der Waals surface area contributed by atoms with Crippen LogP contribution in [0.3, 0.4) is 0 Å². The van der Waals surface area contributed by atoms with Crippen molar-refractivity contribution >= 4 is 17.3 Å². The standard InChI is InChI=1S/C16H29N5S/c1-4-6-7-17-16(22)20-10-8-19(9-11-20)12-15-13-21(5-2)18-14(15)3/h13H,4-12H2,1-3H3,(H,17,22). The van der Waals surface area contributed by atoms with Crippen LogP contribution in [0.4, 0.5) is 0 Å². The van der Waals surface area contributed by atoms with Crippen LogP contribution in [-0.2, 0) is 13.1 Å². The normalized spacial score (nSPS) is 16.0. The summed E-state index contributed by atoms with van der Waals surface area (Å²) in [5.41, 5.74) is 2.50. The molecule has 1 aliphatic rings. The highest BCUT2D eigenvalue weighted by atomic mass is 32.1. The predicted octanol–water partition coefficient (Wildman–Crippen LogP) is 2.00. The third kappa shape index (κ3) is 4.68. The van der Waals surface area contributed by atoms with Crippen molar-refractivity contribution < 1.29 is 0 Å². The summed E-state index contributed by atoms with van der Waals surface area (Å²) in [5, 5.41) is 8.81. The average molecular weight is 324 g/mol. The summed E-state index contributed by atoms with van der Waals surface area (Å²) in [6, 6.07) is 0. The molecule has 2 rings (SSSR count). The molecule has 0 amide bonds. The van der Waals surface area contributed by atoms with Crippen molar-refractivity contribution in [3.05, 3.63) is 17.5 Å². The van der Waals surface area contributed by atoms with Crippen LogP contribution in [-0.4, -0.2) is 57.4 Å². The molecule has 0 saturated carbocycles. The highest BCUT2D eigenvalue weighted by Gasteiger charge is 2.19. The molecule has 0 aromatic carbocycles. The van der Waals surface area contributed by atoms with Gasteiger partial charge in [-0.2, -0.15) is 5.10 Å². The van der Waals surface area contributed by atoms with E-state index in [0.29, 0.717) is 0 Å². The third-order valence-corrected chi connectivity index (χ3v) is 4.63. The van der Waals surface area contributed by atoms with Gasteiger partial charge in [0.1, 0.15) is 0 Å². The molecule has 1 aliphatic heterocycles. The molecule has 0 radical (unpaired) electrons. The van der Waals surface area contributed by atoms with Crippen LogP contribution >= 0.6 is 12.2 Å². The van der Waals surface area contributed by atoms with Gasteiger partial charge in [-0.15, -0.1) is 0 Å². The number of unbranched alkanes of at least 4 members (excludes halogenated alkanes) is 1. The first-order valence-corrected chi connectivity index (χ1v) is 8.83. The lowest BCUT2D eigenvalue weighted by atomic mass is 10.2. The van der Waals surface area contributed by atoms with Gasteiger partial charge >= 0.3 is 0 Å². The molecule has 1 saturated heterocycles. The Labute approximate surface area is 139 Å². The number of aryl methyl sites for hydroxylation is 2. The van der Waals surface area contributed by atoms with Crippen molar-refractivity contribution in [1.29, 1.82) is 0 Å². The second-order valence-electron chi connectivity index (χ2n) is 5.94. The summed E-state index contributed by atoms with van der Waals surface area (Å²) in [6.07, 6.45) is 4.56. The predicted molar refractivity (Wildman–Crippen MR) is 95.0 cm³/mol. The lowest BCUT2D eigenvalue weighted by Crippen LogP contribution is -2.51. The molecule has 2 heterocycles. The van der Waals surface area contributed by atoms with Crippen molar-refractivity contribution in [3.63, 3.8) is 0 Å². The molecule has 1 aromatic heterocycles. The van der Waals surface area contributed by atoms with Crippen LogP contribution in [0.2, 0.25) is 0 Å². The molecule has 0 atom stereocenters. The maximum absolute atomic E-state index is 5.48. The summed E-state index contributed by atoms with van der Waals surface area (Å²) < 4.78 is 2.02. The van der Waals surface area contributed by atoms with Gasteiger partial charge in [0.15, 0.2) is 5.11 Å². The maximum Gasteiger partial charge on any atom is 0.169 e. The molecule has 0 unspecified atom stereocenters. The van der Waals surface area contributed by atoms with Crippen molar-refractivity contribution in [2.75, 3.05) is 32.7 Å². The van der Waals surface area contributed by atoms with E-state index in [1.165, 1.54) is 18.4 Å². The number of thiocarbonyl (C=S) groups is 1. The molecular formula is C16H29N5S. The van der Waals surface area contributed by atoms with Gasteiger partial charge in [-0.05, 0) is 32.5 Å². The fourth-order valence-corrected chi connectivity index (χ4v) is 2.99. The van der Waals surface area contributed by atoms with E-state index in [9.17, 15) is 0 Å². The van der Waals surface area contributed by atoms with E-state index in [1.807, 2.05) is 4.68 Å². The minimum atomic E-state index is 0.920. The molecular weight excluding hydrogens is 294 g/mol. The fourth-order valence-electron chi connectivity index (χ4n) is 2.71. The Morgan fingerprint density at radius 2 is 2.00 bits per heavy atom. The minimum Gasteiger partial charge on any atom is -0.363 e. The summed E-state index contributed by atoms with van der Waals surface area (Å²) >= 11 is 5.48. The number of rotatable bonds is 6. The summed E-state index contributed by atoms with van der Waals surface area (Å²) in [5.74, 6) is 0. The topological polar surface area (TPSA) is 36.3 Å². The zero-order chi connectivity index (χ0) is 15.9. The van der Waals surface area contributed by atoms with Gasteiger partial charge in [-0.25, -0.2) is 0 Å². The van der Waals surface area contributed by atoms with Crippen LogP contribution in [0.5, 0.6) is 0 Å². The van der Waals surface area contributed by atoms with Gasteiger partial charge in [-0.1, -0.05) is 13.3 Å². The number of nitrogens with zero attached hydrogens (tertiary/aromatic N) is 4. The van der Waals surface area contributed by atoms with E-state index >= 15 is 0 Å². The van der Waals surface area contributed by atoms with Gasteiger partial charge in [0.05, 0.1) is 5.69 Å². The van der Waals surface area contributed by atoms with E-state index < -0.39 is 0 Å². The number of aromatic nitrogens is 2. The highest BCUT2D eigenvalue weighted by molar-refractivity contribution is 7.80. The van der Waals surface area contributed by atoms with Gasteiger partial charge in [0.2, 0.25) is 0 Å². The summed E-state index contributed by atoms with van der Waals surface area (Å²) in [6.45, 7) is 13.5. The van der Waals surface area contributed by atoms with Crippen molar-refractivity contribution in [3.8, 4) is 0 Å². The molecule has 0 aliphatic carbocycles. The van der Waals surface area contributed by atoms with Crippen LogP contribution in [0.15, 0.2) is 6.20 Å². The van der Waals surface area contributed by atoms with E-state index in [2.05, 4.69) is 47.2 Å². The molecule has 0 bridgehead atoms. The first-order chi connectivity index (χ1) is 10.6. The van der Waals surface area contributed by atoms with Gasteiger partial charge < -0.3 is 10.2 Å². The Morgan fingerprint density at radius 1 is 1.27 bits per heavy atom. The smallest absolute Gasteiger partial charge is 0.169 e. The number of hydrogen-bond donors (Lipinski definition) is 1. The van der Waals surface area contributed by atoms with Crippen LogP contribution in [0.25, 0.3) is 0 Å². The lowest BCUT2D eigenvalue weighted by Gasteiger charge is -2.36. The molecule has 22 heavy (non-hydrogen) atoms. The molecule has 1 aromatic rings. The molecule has 5 nitrogen and oxygen atoms in total. The molecule has 1 fully saturated rings. The van der Waals surface area contributed by atoms with Crippen molar-refractivity contribution in [2.45, 2.75) is 46.7 Å². The molecule has 6 heteroatoms. The van der Waals surface area contributed by atoms with Gasteiger partial charge in [-0.3, -0.25) is 9.58 Å². The van der Waals surface area contributed by atoms with Crippen LogP contribution in [0, 0.1) is 6.92 Å². The molecule has 124 valence electrons. The summed E-state index contributed by atoms with van der Waals surface area (Å²) in [7, 11) is 0. The zero-order valence-electron chi connectivity index (χ0n) is 14.1.